The predicted molar refractivity (Wildman–Crippen MR) is 82.7 cm³/mol. The Balaban J connectivity index is 1.90. The summed E-state index contributed by atoms with van der Waals surface area (Å²) in [5.41, 5.74) is 3.00. The molecule has 19 heavy (non-hydrogen) atoms. The predicted octanol–water partition coefficient (Wildman–Crippen LogP) is 5.31. The van der Waals surface area contributed by atoms with Crippen molar-refractivity contribution in [3.63, 3.8) is 0 Å². The minimum absolute atomic E-state index is 0.126. The van der Waals surface area contributed by atoms with E-state index in [9.17, 15) is 0 Å². The first-order valence-electron chi connectivity index (χ1n) is 7.17. The van der Waals surface area contributed by atoms with E-state index in [0.29, 0.717) is 0 Å². The first-order chi connectivity index (χ1) is 9.39. The molecule has 0 spiro atoms. The second-order valence-electron chi connectivity index (χ2n) is 5.40. The average Bonchev–Trinajstić information content (AvgIpc) is 3.02. The van der Waals surface area contributed by atoms with Crippen LogP contribution in [0.1, 0.15) is 31.2 Å². The van der Waals surface area contributed by atoms with E-state index in [0.717, 1.165) is 6.42 Å². The number of benzene rings is 1. The van der Waals surface area contributed by atoms with E-state index >= 15 is 0 Å². The van der Waals surface area contributed by atoms with Crippen molar-refractivity contribution in [3.8, 4) is 0 Å². The standard InChI is InChI=1S/C19H20/c1-3-9-17(10-4-1)13-16-19(14-7-2-8-15-19)18-11-5-6-12-18/h1-4,7-11,13-14,16H,5-6,12,15H2. The molecule has 1 atom stereocenters. The van der Waals surface area contributed by atoms with Crippen LogP contribution in [0, 0.1) is 5.41 Å². The highest BCUT2D eigenvalue weighted by molar-refractivity contribution is 5.53. The van der Waals surface area contributed by atoms with Crippen LogP contribution in [-0.2, 0) is 0 Å². The number of rotatable bonds is 3. The van der Waals surface area contributed by atoms with Gasteiger partial charge in [0.15, 0.2) is 0 Å². The molecule has 0 fully saturated rings. The topological polar surface area (TPSA) is 0 Å². The Bertz CT molecular complexity index is 543. The monoisotopic (exact) mass is 248 g/mol. The minimum atomic E-state index is 0.126. The van der Waals surface area contributed by atoms with Crippen LogP contribution in [0.25, 0.3) is 6.08 Å². The number of hydrogen-bond acceptors (Lipinski definition) is 0. The molecule has 0 amide bonds. The summed E-state index contributed by atoms with van der Waals surface area (Å²) in [7, 11) is 0. The molecule has 0 nitrogen and oxygen atoms in total. The fourth-order valence-corrected chi connectivity index (χ4v) is 3.01. The summed E-state index contributed by atoms with van der Waals surface area (Å²) in [6.45, 7) is 0. The molecule has 0 aliphatic heterocycles. The first-order valence-corrected chi connectivity index (χ1v) is 7.17. The van der Waals surface area contributed by atoms with Gasteiger partial charge in [-0.05, 0) is 31.2 Å². The van der Waals surface area contributed by atoms with Crippen LogP contribution in [-0.4, -0.2) is 0 Å². The zero-order valence-electron chi connectivity index (χ0n) is 11.3. The highest BCUT2D eigenvalue weighted by atomic mass is 14.3. The molecule has 2 aliphatic rings. The van der Waals surface area contributed by atoms with Crippen molar-refractivity contribution in [2.75, 3.05) is 0 Å². The third-order valence-corrected chi connectivity index (χ3v) is 4.11. The van der Waals surface area contributed by atoms with Crippen LogP contribution < -0.4 is 0 Å². The van der Waals surface area contributed by atoms with E-state index in [-0.39, 0.29) is 5.41 Å². The molecule has 0 saturated carbocycles. The third kappa shape index (κ3) is 2.63. The molecule has 0 radical (unpaired) electrons. The van der Waals surface area contributed by atoms with Gasteiger partial charge in [0, 0.05) is 5.41 Å². The maximum Gasteiger partial charge on any atom is 0.0312 e. The average molecular weight is 248 g/mol. The summed E-state index contributed by atoms with van der Waals surface area (Å²) in [5, 5.41) is 0. The van der Waals surface area contributed by atoms with Gasteiger partial charge in [0.1, 0.15) is 0 Å². The van der Waals surface area contributed by atoms with Crippen molar-refractivity contribution in [2.45, 2.75) is 25.7 Å². The van der Waals surface area contributed by atoms with Crippen LogP contribution in [0.4, 0.5) is 0 Å². The second kappa shape index (κ2) is 5.44. The fourth-order valence-electron chi connectivity index (χ4n) is 3.01. The maximum atomic E-state index is 2.44. The number of hydrogen-bond donors (Lipinski definition) is 0. The zero-order chi connectivity index (χ0) is 13.0. The zero-order valence-corrected chi connectivity index (χ0v) is 11.3. The molecule has 0 heterocycles. The normalized spacial score (nSPS) is 26.0. The summed E-state index contributed by atoms with van der Waals surface area (Å²) in [4.78, 5) is 0. The Morgan fingerprint density at radius 2 is 1.95 bits per heavy atom. The summed E-state index contributed by atoms with van der Waals surface area (Å²) in [6.07, 6.45) is 21.0. The Morgan fingerprint density at radius 3 is 2.63 bits per heavy atom. The van der Waals surface area contributed by atoms with Crippen LogP contribution in [0.3, 0.4) is 0 Å². The van der Waals surface area contributed by atoms with Crippen LogP contribution in [0.15, 0.2) is 72.4 Å². The largest absolute Gasteiger partial charge is 0.0841 e. The van der Waals surface area contributed by atoms with Crippen LogP contribution in [0.2, 0.25) is 0 Å². The van der Waals surface area contributed by atoms with Crippen LogP contribution >= 0.6 is 0 Å². The van der Waals surface area contributed by atoms with Crippen molar-refractivity contribution < 1.29 is 0 Å². The van der Waals surface area contributed by atoms with Gasteiger partial charge in [-0.1, -0.05) is 78.4 Å². The first kappa shape index (κ1) is 12.2. The van der Waals surface area contributed by atoms with E-state index in [2.05, 4.69) is 72.9 Å². The lowest BCUT2D eigenvalue weighted by atomic mass is 9.74. The van der Waals surface area contributed by atoms with E-state index in [1.165, 1.54) is 24.8 Å². The molecule has 3 rings (SSSR count). The van der Waals surface area contributed by atoms with Crippen molar-refractivity contribution in [1.82, 2.24) is 0 Å². The number of allylic oxidation sites excluding steroid dienone is 7. The molecule has 0 saturated heterocycles. The molecule has 1 aromatic carbocycles. The molecular weight excluding hydrogens is 228 g/mol. The van der Waals surface area contributed by atoms with Gasteiger partial charge in [-0.2, -0.15) is 0 Å². The molecule has 96 valence electrons. The molecule has 0 bridgehead atoms. The SMILES string of the molecule is C1=CCC(C=Cc2ccccc2)(C2=CCCC2)C=C1. The molecule has 0 heteroatoms. The third-order valence-electron chi connectivity index (χ3n) is 4.11. The lowest BCUT2D eigenvalue weighted by Gasteiger charge is -2.30. The van der Waals surface area contributed by atoms with Crippen molar-refractivity contribution >= 4 is 6.08 Å². The van der Waals surface area contributed by atoms with E-state index in [1.54, 1.807) is 5.57 Å². The van der Waals surface area contributed by atoms with Crippen LogP contribution in [0.5, 0.6) is 0 Å². The van der Waals surface area contributed by atoms with E-state index < -0.39 is 0 Å². The molecule has 1 aromatic rings. The lowest BCUT2D eigenvalue weighted by molar-refractivity contribution is 0.573. The maximum absolute atomic E-state index is 2.44. The van der Waals surface area contributed by atoms with Gasteiger partial charge in [-0.3, -0.25) is 0 Å². The Labute approximate surface area is 115 Å². The minimum Gasteiger partial charge on any atom is -0.0841 e. The van der Waals surface area contributed by atoms with Crippen molar-refractivity contribution in [3.05, 3.63) is 77.9 Å². The summed E-state index contributed by atoms with van der Waals surface area (Å²) >= 11 is 0. The highest BCUT2D eigenvalue weighted by Crippen LogP contribution is 2.43. The van der Waals surface area contributed by atoms with E-state index in [1.807, 2.05) is 0 Å². The van der Waals surface area contributed by atoms with Gasteiger partial charge < -0.3 is 0 Å². The van der Waals surface area contributed by atoms with Gasteiger partial charge in [-0.15, -0.1) is 0 Å². The smallest absolute Gasteiger partial charge is 0.0312 e. The Morgan fingerprint density at radius 1 is 1.05 bits per heavy atom. The summed E-state index contributed by atoms with van der Waals surface area (Å²) in [5.74, 6) is 0. The van der Waals surface area contributed by atoms with Crippen molar-refractivity contribution in [2.24, 2.45) is 5.41 Å². The molecule has 1 unspecified atom stereocenters. The fraction of sp³-hybridized carbons (Fsp3) is 0.263. The van der Waals surface area contributed by atoms with Gasteiger partial charge in [0.05, 0.1) is 0 Å². The van der Waals surface area contributed by atoms with E-state index in [4.69, 9.17) is 0 Å². The quantitative estimate of drug-likeness (QED) is 0.636. The van der Waals surface area contributed by atoms with Crippen molar-refractivity contribution in [1.29, 1.82) is 0 Å². The summed E-state index contributed by atoms with van der Waals surface area (Å²) < 4.78 is 0. The van der Waals surface area contributed by atoms with Gasteiger partial charge in [-0.25, -0.2) is 0 Å². The van der Waals surface area contributed by atoms with Gasteiger partial charge >= 0.3 is 0 Å². The van der Waals surface area contributed by atoms with Gasteiger partial charge in [0.25, 0.3) is 0 Å². The summed E-state index contributed by atoms with van der Waals surface area (Å²) in [6, 6.07) is 10.6. The molecular formula is C19H20. The molecule has 2 aliphatic carbocycles. The lowest BCUT2D eigenvalue weighted by Crippen LogP contribution is -2.17. The van der Waals surface area contributed by atoms with Gasteiger partial charge in [0.2, 0.25) is 0 Å². The Hall–Kier alpha value is -1.82. The molecule has 0 N–H and O–H groups in total. The Kier molecular flexibility index (Phi) is 3.50. The second-order valence-corrected chi connectivity index (χ2v) is 5.40. The highest BCUT2D eigenvalue weighted by Gasteiger charge is 2.29. The molecule has 0 aromatic heterocycles.